The monoisotopic (exact) mass is 201 g/mol. The first-order valence-electron chi connectivity index (χ1n) is 4.22. The average molecular weight is 201 g/mol. The van der Waals surface area contributed by atoms with Gasteiger partial charge in [0.05, 0.1) is 12.1 Å². The molecule has 2 aromatic rings. The number of nitrogens with two attached hydrogens (primary N) is 1. The Morgan fingerprint density at radius 2 is 2.33 bits per heavy atom. The molecular weight excluding hydrogens is 194 g/mol. The molecule has 6 nitrogen and oxygen atoms in total. The van der Waals surface area contributed by atoms with E-state index in [2.05, 4.69) is 15.1 Å². The van der Waals surface area contributed by atoms with Crippen molar-refractivity contribution in [3.63, 3.8) is 0 Å². The first-order valence-corrected chi connectivity index (χ1v) is 4.22. The minimum atomic E-state index is 0.222. The van der Waals surface area contributed by atoms with Gasteiger partial charge in [0, 0.05) is 6.20 Å². The fourth-order valence-electron chi connectivity index (χ4n) is 1.03. The topological polar surface area (TPSA) is 102 Å². The summed E-state index contributed by atoms with van der Waals surface area (Å²) >= 11 is 0. The van der Waals surface area contributed by atoms with Gasteiger partial charge in [-0.2, -0.15) is 10.2 Å². The van der Waals surface area contributed by atoms with Crippen LogP contribution in [0, 0.1) is 11.3 Å². The Morgan fingerprint density at radius 3 is 2.87 bits per heavy atom. The largest absolute Gasteiger partial charge is 0.332 e. The zero-order chi connectivity index (χ0) is 10.7. The number of aromatic nitrogens is 3. The Hall–Kier alpha value is -2.26. The van der Waals surface area contributed by atoms with E-state index in [1.165, 1.54) is 6.20 Å². The van der Waals surface area contributed by atoms with Gasteiger partial charge < -0.3 is 10.3 Å². The Kier molecular flexibility index (Phi) is 2.39. The lowest BCUT2D eigenvalue weighted by molar-refractivity contribution is 0.421. The number of pyridine rings is 1. The zero-order valence-electron chi connectivity index (χ0n) is 7.71. The maximum absolute atomic E-state index is 8.58. The molecule has 15 heavy (non-hydrogen) atoms. The van der Waals surface area contributed by atoms with E-state index in [4.69, 9.17) is 15.5 Å². The molecule has 2 heterocycles. The second-order valence-corrected chi connectivity index (χ2v) is 2.76. The van der Waals surface area contributed by atoms with Crippen LogP contribution in [0.25, 0.3) is 11.6 Å². The average Bonchev–Trinajstić information content (AvgIpc) is 2.78. The van der Waals surface area contributed by atoms with Crippen molar-refractivity contribution >= 4 is 0 Å². The Bertz CT molecular complexity index is 496. The molecule has 6 heteroatoms. The standard InChI is InChI=1S/C9H7N5O/c10-3-6-1-2-7(12-5-6)9-13-8(4-11)14-15-9/h1-2,5H,4,11H2. The van der Waals surface area contributed by atoms with E-state index in [1.54, 1.807) is 12.1 Å². The van der Waals surface area contributed by atoms with E-state index in [0.29, 0.717) is 23.0 Å². The Morgan fingerprint density at radius 1 is 1.47 bits per heavy atom. The van der Waals surface area contributed by atoms with E-state index in [0.717, 1.165) is 0 Å². The Balaban J connectivity index is 2.33. The number of rotatable bonds is 2. The molecule has 0 aromatic carbocycles. The molecule has 0 radical (unpaired) electrons. The van der Waals surface area contributed by atoms with Crippen LogP contribution < -0.4 is 5.73 Å². The van der Waals surface area contributed by atoms with E-state index in [1.807, 2.05) is 6.07 Å². The molecule has 0 aliphatic heterocycles. The highest BCUT2D eigenvalue weighted by atomic mass is 16.5. The van der Waals surface area contributed by atoms with Crippen molar-refractivity contribution in [2.75, 3.05) is 0 Å². The van der Waals surface area contributed by atoms with E-state index in [9.17, 15) is 0 Å². The van der Waals surface area contributed by atoms with E-state index < -0.39 is 0 Å². The fraction of sp³-hybridized carbons (Fsp3) is 0.111. The van der Waals surface area contributed by atoms with Crippen molar-refractivity contribution in [3.8, 4) is 17.7 Å². The zero-order valence-corrected chi connectivity index (χ0v) is 7.71. The van der Waals surface area contributed by atoms with Gasteiger partial charge in [-0.1, -0.05) is 5.16 Å². The Labute approximate surface area is 85.4 Å². The maximum atomic E-state index is 8.58. The molecule has 0 saturated carbocycles. The van der Waals surface area contributed by atoms with Crippen molar-refractivity contribution in [1.82, 2.24) is 15.1 Å². The molecule has 2 N–H and O–H groups in total. The van der Waals surface area contributed by atoms with E-state index >= 15 is 0 Å². The third-order valence-electron chi connectivity index (χ3n) is 1.76. The minimum Gasteiger partial charge on any atom is -0.332 e. The van der Waals surface area contributed by atoms with Gasteiger partial charge in [0.1, 0.15) is 11.8 Å². The predicted octanol–water partition coefficient (Wildman–Crippen LogP) is 0.462. The van der Waals surface area contributed by atoms with Crippen LogP contribution in [0.2, 0.25) is 0 Å². The molecule has 2 rings (SSSR count). The lowest BCUT2D eigenvalue weighted by atomic mass is 10.3. The van der Waals surface area contributed by atoms with Crippen LogP contribution >= 0.6 is 0 Å². The van der Waals surface area contributed by atoms with Crippen molar-refractivity contribution in [1.29, 1.82) is 5.26 Å². The second-order valence-electron chi connectivity index (χ2n) is 2.76. The fourth-order valence-corrected chi connectivity index (χ4v) is 1.03. The predicted molar refractivity (Wildman–Crippen MR) is 50.1 cm³/mol. The highest BCUT2D eigenvalue weighted by Gasteiger charge is 2.08. The van der Waals surface area contributed by atoms with Crippen molar-refractivity contribution in [2.24, 2.45) is 5.73 Å². The summed E-state index contributed by atoms with van der Waals surface area (Å²) in [7, 11) is 0. The highest BCUT2D eigenvalue weighted by molar-refractivity contribution is 5.47. The van der Waals surface area contributed by atoms with Gasteiger partial charge in [0.15, 0.2) is 5.82 Å². The third kappa shape index (κ3) is 1.82. The lowest BCUT2D eigenvalue weighted by Crippen LogP contribution is -1.97. The van der Waals surface area contributed by atoms with Crippen LogP contribution in [0.4, 0.5) is 0 Å². The number of nitriles is 1. The van der Waals surface area contributed by atoms with Gasteiger partial charge in [0.25, 0.3) is 5.89 Å². The van der Waals surface area contributed by atoms with Crippen molar-refractivity contribution in [2.45, 2.75) is 6.54 Å². The van der Waals surface area contributed by atoms with Crippen LogP contribution in [0.3, 0.4) is 0 Å². The number of nitrogens with zero attached hydrogens (tertiary/aromatic N) is 4. The van der Waals surface area contributed by atoms with Gasteiger partial charge in [-0.25, -0.2) is 4.98 Å². The molecular formula is C9H7N5O. The summed E-state index contributed by atoms with van der Waals surface area (Å²) in [6.45, 7) is 0.222. The molecule has 0 fully saturated rings. The summed E-state index contributed by atoms with van der Waals surface area (Å²) in [5, 5.41) is 12.2. The summed E-state index contributed by atoms with van der Waals surface area (Å²) in [4.78, 5) is 8.01. The van der Waals surface area contributed by atoms with Gasteiger partial charge in [-0.15, -0.1) is 0 Å². The SMILES string of the molecule is N#Cc1ccc(-c2nc(CN)no2)nc1. The van der Waals surface area contributed by atoms with Crippen LogP contribution in [0.5, 0.6) is 0 Å². The smallest absolute Gasteiger partial charge is 0.276 e. The van der Waals surface area contributed by atoms with Crippen molar-refractivity contribution < 1.29 is 4.52 Å². The number of hydrogen-bond donors (Lipinski definition) is 1. The minimum absolute atomic E-state index is 0.222. The summed E-state index contributed by atoms with van der Waals surface area (Å²) in [5.41, 5.74) is 6.35. The van der Waals surface area contributed by atoms with Crippen LogP contribution in [0.15, 0.2) is 22.9 Å². The quantitative estimate of drug-likeness (QED) is 0.757. The first kappa shape index (κ1) is 9.30. The van der Waals surface area contributed by atoms with Gasteiger partial charge in [-0.05, 0) is 12.1 Å². The maximum Gasteiger partial charge on any atom is 0.276 e. The molecule has 74 valence electrons. The summed E-state index contributed by atoms with van der Waals surface area (Å²) < 4.78 is 4.93. The second kappa shape index (κ2) is 3.86. The van der Waals surface area contributed by atoms with Crippen molar-refractivity contribution in [3.05, 3.63) is 29.7 Å². The molecule has 2 aromatic heterocycles. The molecule has 0 bridgehead atoms. The normalized spacial score (nSPS) is 9.87. The third-order valence-corrected chi connectivity index (χ3v) is 1.76. The first-order chi connectivity index (χ1) is 7.33. The number of hydrogen-bond acceptors (Lipinski definition) is 6. The molecule has 0 atom stereocenters. The van der Waals surface area contributed by atoms with Gasteiger partial charge in [-0.3, -0.25) is 0 Å². The summed E-state index contributed by atoms with van der Waals surface area (Å²) in [6.07, 6.45) is 1.45. The van der Waals surface area contributed by atoms with Gasteiger partial charge >= 0.3 is 0 Å². The lowest BCUT2D eigenvalue weighted by Gasteiger charge is -1.91. The van der Waals surface area contributed by atoms with Crippen LogP contribution in [0.1, 0.15) is 11.4 Å². The van der Waals surface area contributed by atoms with Crippen LogP contribution in [-0.4, -0.2) is 15.1 Å². The highest BCUT2D eigenvalue weighted by Crippen LogP contribution is 2.13. The molecule has 0 spiro atoms. The molecule has 0 saturated heterocycles. The molecule has 0 amide bonds. The van der Waals surface area contributed by atoms with Crippen LogP contribution in [-0.2, 0) is 6.54 Å². The molecule has 0 aliphatic rings. The molecule has 0 unspecified atom stereocenters. The van der Waals surface area contributed by atoms with E-state index in [-0.39, 0.29) is 6.54 Å². The van der Waals surface area contributed by atoms with Gasteiger partial charge in [0.2, 0.25) is 0 Å². The molecule has 0 aliphatic carbocycles. The summed E-state index contributed by atoms with van der Waals surface area (Å²) in [5.74, 6) is 0.732. The summed E-state index contributed by atoms with van der Waals surface area (Å²) in [6, 6.07) is 5.25.